The molecule has 0 saturated carbocycles. The third kappa shape index (κ3) is 6.07. The topological polar surface area (TPSA) is 53.9 Å². The Hall–Kier alpha value is -1.87. The van der Waals surface area contributed by atoms with E-state index in [-0.39, 0.29) is 0 Å². The van der Waals surface area contributed by atoms with E-state index in [2.05, 4.69) is 38.2 Å². The maximum Gasteiger partial charge on any atom is 0.328 e. The van der Waals surface area contributed by atoms with E-state index in [0.717, 1.165) is 11.5 Å². The number of carbonyl (C=O) groups is 1. The van der Waals surface area contributed by atoms with Gasteiger partial charge in [-0.25, -0.2) is 4.79 Å². The van der Waals surface area contributed by atoms with Gasteiger partial charge in [0.1, 0.15) is 0 Å². The molecule has 0 aromatic heterocycles. The number of rotatable bonds is 6. The minimum atomic E-state index is -0.906. The summed E-state index contributed by atoms with van der Waals surface area (Å²) in [7, 11) is 0. The van der Waals surface area contributed by atoms with Crippen LogP contribution in [0.4, 0.5) is 0 Å². The first-order chi connectivity index (χ1) is 12.8. The number of hydrogen-bond acceptors (Lipinski definition) is 1. The van der Waals surface area contributed by atoms with Crippen molar-refractivity contribution in [2.45, 2.75) is 59.8 Å². The molecule has 0 unspecified atom stereocenters. The second kappa shape index (κ2) is 9.89. The molecular formula is C24H36NO2+. The van der Waals surface area contributed by atoms with Crippen LogP contribution in [0.5, 0.6) is 0 Å². The minimum absolute atomic E-state index is 0.310. The average Bonchev–Trinajstić information content (AvgIpc) is 2.61. The number of nitrogens with two attached hydrogens (primary N) is 1. The first kappa shape index (κ1) is 21.4. The zero-order valence-corrected chi connectivity index (χ0v) is 17.4. The fourth-order valence-electron chi connectivity index (χ4n) is 4.66. The van der Waals surface area contributed by atoms with Gasteiger partial charge in [0.2, 0.25) is 0 Å². The lowest BCUT2D eigenvalue weighted by atomic mass is 9.61. The molecule has 2 rings (SSSR count). The minimum Gasteiger partial charge on any atom is -0.478 e. The molecule has 0 aromatic carbocycles. The Labute approximate surface area is 164 Å². The van der Waals surface area contributed by atoms with Crippen molar-refractivity contribution < 1.29 is 15.2 Å². The summed E-state index contributed by atoms with van der Waals surface area (Å²) in [4.78, 5) is 10.7. The molecule has 148 valence electrons. The Morgan fingerprint density at radius 3 is 2.56 bits per heavy atom. The lowest BCUT2D eigenvalue weighted by Gasteiger charge is -2.44. The summed E-state index contributed by atoms with van der Waals surface area (Å²) in [5.41, 5.74) is 5.34. The van der Waals surface area contributed by atoms with Gasteiger partial charge in [0.15, 0.2) is 0 Å². The highest BCUT2D eigenvalue weighted by Crippen LogP contribution is 2.49. The molecule has 0 spiro atoms. The third-order valence-corrected chi connectivity index (χ3v) is 6.24. The van der Waals surface area contributed by atoms with E-state index < -0.39 is 5.97 Å². The van der Waals surface area contributed by atoms with Gasteiger partial charge < -0.3 is 10.4 Å². The van der Waals surface area contributed by atoms with Gasteiger partial charge in [-0.3, -0.25) is 0 Å². The maximum atomic E-state index is 10.7. The first-order valence-corrected chi connectivity index (χ1v) is 10.3. The summed E-state index contributed by atoms with van der Waals surface area (Å²) in [6.45, 7) is 11.2. The molecule has 0 amide bonds. The molecule has 1 atom stereocenters. The smallest absolute Gasteiger partial charge is 0.328 e. The van der Waals surface area contributed by atoms with E-state index in [1.54, 1.807) is 18.1 Å². The van der Waals surface area contributed by atoms with Gasteiger partial charge in [0, 0.05) is 18.9 Å². The molecule has 0 radical (unpaired) electrons. The number of allylic oxidation sites excluding steroid dienone is 9. The molecule has 1 heterocycles. The van der Waals surface area contributed by atoms with E-state index in [0.29, 0.717) is 5.41 Å². The van der Waals surface area contributed by atoms with Gasteiger partial charge in [0.25, 0.3) is 0 Å². The van der Waals surface area contributed by atoms with Crippen LogP contribution in [0, 0.1) is 11.3 Å². The van der Waals surface area contributed by atoms with Crippen molar-refractivity contribution in [3.63, 3.8) is 0 Å². The van der Waals surface area contributed by atoms with Crippen LogP contribution in [0.2, 0.25) is 0 Å². The third-order valence-electron chi connectivity index (χ3n) is 6.24. The standard InChI is InChI=1S/C24H35NO2/c1-18(7-5-8-19(2)17-23(26)27)10-11-22-20(3)9-6-14-24(22,4)21-12-15-25-16-13-21/h5,7-8,10-11,17,21,25H,6,9,12-16H2,1-4H3,(H,26,27)/p+1/b8-5+,11-10+,18-7+,19-17+/t24-/m1/s1. The molecule has 0 bridgehead atoms. The predicted octanol–water partition coefficient (Wildman–Crippen LogP) is 4.56. The van der Waals surface area contributed by atoms with Gasteiger partial charge in [-0.2, -0.15) is 0 Å². The molecule has 3 N–H and O–H groups in total. The van der Waals surface area contributed by atoms with Crippen LogP contribution in [-0.2, 0) is 4.79 Å². The van der Waals surface area contributed by atoms with Crippen molar-refractivity contribution in [1.29, 1.82) is 0 Å². The molecule has 3 heteroatoms. The van der Waals surface area contributed by atoms with Crippen molar-refractivity contribution in [2.75, 3.05) is 13.1 Å². The van der Waals surface area contributed by atoms with Crippen molar-refractivity contribution in [2.24, 2.45) is 11.3 Å². The molecule has 27 heavy (non-hydrogen) atoms. The molecule has 1 saturated heterocycles. The lowest BCUT2D eigenvalue weighted by molar-refractivity contribution is -0.665. The Kier molecular flexibility index (Phi) is 7.85. The van der Waals surface area contributed by atoms with Crippen LogP contribution in [-0.4, -0.2) is 24.2 Å². The number of carboxylic acids is 1. The second-order valence-electron chi connectivity index (χ2n) is 8.44. The first-order valence-electron chi connectivity index (χ1n) is 10.3. The van der Waals surface area contributed by atoms with E-state index >= 15 is 0 Å². The van der Waals surface area contributed by atoms with E-state index in [4.69, 9.17) is 5.11 Å². The van der Waals surface area contributed by atoms with E-state index in [9.17, 15) is 4.79 Å². The summed E-state index contributed by atoms with van der Waals surface area (Å²) >= 11 is 0. The summed E-state index contributed by atoms with van der Waals surface area (Å²) in [6, 6.07) is 0. The number of carboxylic acid groups (broad SMARTS) is 1. The van der Waals surface area contributed by atoms with Crippen molar-refractivity contribution >= 4 is 5.97 Å². The lowest BCUT2D eigenvalue weighted by Crippen LogP contribution is -2.86. The second-order valence-corrected chi connectivity index (χ2v) is 8.44. The Morgan fingerprint density at radius 1 is 1.19 bits per heavy atom. The highest BCUT2D eigenvalue weighted by molar-refractivity contribution is 5.81. The average molecular weight is 371 g/mol. The summed E-state index contributed by atoms with van der Waals surface area (Å²) in [6.07, 6.45) is 18.1. The molecule has 1 fully saturated rings. The zero-order valence-electron chi connectivity index (χ0n) is 17.4. The SMILES string of the molecule is CC1=C(/C=C/C(C)=C/C=C/C(C)=C/C(=O)O)[C@@](C)(C2CC[NH2+]CC2)CCC1. The fraction of sp³-hybridized carbons (Fsp3) is 0.542. The molecule has 1 aliphatic carbocycles. The quantitative estimate of drug-likeness (QED) is 0.532. The largest absolute Gasteiger partial charge is 0.478 e. The fourth-order valence-corrected chi connectivity index (χ4v) is 4.66. The van der Waals surface area contributed by atoms with Crippen LogP contribution in [0.1, 0.15) is 59.8 Å². The van der Waals surface area contributed by atoms with Gasteiger partial charge in [0.05, 0.1) is 13.1 Å². The highest BCUT2D eigenvalue weighted by atomic mass is 16.4. The monoisotopic (exact) mass is 370 g/mol. The maximum absolute atomic E-state index is 10.7. The van der Waals surface area contributed by atoms with E-state index in [1.807, 2.05) is 18.2 Å². The van der Waals surface area contributed by atoms with Gasteiger partial charge in [-0.15, -0.1) is 0 Å². The van der Waals surface area contributed by atoms with Gasteiger partial charge in [-0.05, 0) is 62.5 Å². The summed E-state index contributed by atoms with van der Waals surface area (Å²) in [5, 5.41) is 11.2. The molecular weight excluding hydrogens is 334 g/mol. The summed E-state index contributed by atoms with van der Waals surface area (Å²) < 4.78 is 0. The van der Waals surface area contributed by atoms with Crippen molar-refractivity contribution in [3.05, 3.63) is 58.7 Å². The number of quaternary nitrogens is 1. The van der Waals surface area contributed by atoms with E-state index in [1.165, 1.54) is 56.8 Å². The van der Waals surface area contributed by atoms with Crippen LogP contribution in [0.15, 0.2) is 58.7 Å². The van der Waals surface area contributed by atoms with Crippen molar-refractivity contribution in [3.8, 4) is 0 Å². The molecule has 1 aliphatic heterocycles. The zero-order chi connectivity index (χ0) is 19.9. The van der Waals surface area contributed by atoms with Crippen LogP contribution < -0.4 is 5.32 Å². The van der Waals surface area contributed by atoms with Crippen LogP contribution >= 0.6 is 0 Å². The number of piperidine rings is 1. The van der Waals surface area contributed by atoms with Gasteiger partial charge in [-0.1, -0.05) is 48.5 Å². The Morgan fingerprint density at radius 2 is 1.89 bits per heavy atom. The normalized spacial score (nSPS) is 26.4. The molecule has 2 aliphatic rings. The number of aliphatic carboxylic acids is 1. The van der Waals surface area contributed by atoms with Crippen LogP contribution in [0.3, 0.4) is 0 Å². The Balaban J connectivity index is 2.15. The summed E-state index contributed by atoms with van der Waals surface area (Å²) in [5.74, 6) is -0.109. The molecule has 0 aromatic rings. The molecule has 3 nitrogen and oxygen atoms in total. The predicted molar refractivity (Wildman–Crippen MR) is 112 cm³/mol. The van der Waals surface area contributed by atoms with Gasteiger partial charge >= 0.3 is 5.97 Å². The van der Waals surface area contributed by atoms with Crippen molar-refractivity contribution in [1.82, 2.24) is 0 Å². The Bertz CT molecular complexity index is 687. The number of hydrogen-bond donors (Lipinski definition) is 2. The highest BCUT2D eigenvalue weighted by Gasteiger charge is 2.40. The van der Waals surface area contributed by atoms with Crippen LogP contribution in [0.25, 0.3) is 0 Å².